The summed E-state index contributed by atoms with van der Waals surface area (Å²) in [6.45, 7) is 1.81. The van der Waals surface area contributed by atoms with Crippen LogP contribution >= 0.6 is 23.2 Å². The number of fused-ring (bicyclic) bond motifs is 1. The average molecular weight is 346 g/mol. The maximum Gasteiger partial charge on any atom is 0.287 e. The summed E-state index contributed by atoms with van der Waals surface area (Å²) in [5.41, 5.74) is 5.39. The molecule has 0 atom stereocenters. The first kappa shape index (κ1) is 15.6. The summed E-state index contributed by atoms with van der Waals surface area (Å²) in [6, 6.07) is 14.4. The quantitative estimate of drug-likeness (QED) is 0.527. The fourth-order valence-electron chi connectivity index (χ4n) is 2.18. The van der Waals surface area contributed by atoms with E-state index in [1.165, 1.54) is 0 Å². The summed E-state index contributed by atoms with van der Waals surface area (Å²) in [5.74, 6) is -0.314. The number of rotatable bonds is 3. The molecule has 0 aliphatic carbocycles. The highest BCUT2D eigenvalue weighted by Crippen LogP contribution is 2.20. The van der Waals surface area contributed by atoms with Gasteiger partial charge in [-0.2, -0.15) is 5.10 Å². The molecule has 3 aromatic rings. The normalized spacial score (nSPS) is 11.7. The van der Waals surface area contributed by atoms with Crippen molar-refractivity contribution < 1.29 is 4.79 Å². The minimum absolute atomic E-state index is 0.314. The van der Waals surface area contributed by atoms with Gasteiger partial charge >= 0.3 is 0 Å². The van der Waals surface area contributed by atoms with Crippen LogP contribution in [0.4, 0.5) is 0 Å². The summed E-state index contributed by atoms with van der Waals surface area (Å²) in [7, 11) is 0. The Bertz CT molecular complexity index is 898. The molecule has 4 nitrogen and oxygen atoms in total. The third-order valence-corrected chi connectivity index (χ3v) is 3.90. The Hall–Kier alpha value is -2.30. The van der Waals surface area contributed by atoms with Crippen LogP contribution < -0.4 is 5.43 Å². The van der Waals surface area contributed by atoms with E-state index >= 15 is 0 Å². The molecule has 0 saturated heterocycles. The number of amides is 1. The van der Waals surface area contributed by atoms with Crippen molar-refractivity contribution in [3.05, 3.63) is 69.8 Å². The van der Waals surface area contributed by atoms with E-state index in [0.29, 0.717) is 21.5 Å². The maximum absolute atomic E-state index is 12.2. The molecular weight excluding hydrogens is 333 g/mol. The number of aromatic amines is 1. The van der Waals surface area contributed by atoms with Gasteiger partial charge in [0.05, 0.1) is 5.71 Å². The van der Waals surface area contributed by atoms with Crippen LogP contribution in [0, 0.1) is 0 Å². The molecule has 0 aliphatic heterocycles. The van der Waals surface area contributed by atoms with Crippen molar-refractivity contribution in [2.45, 2.75) is 6.92 Å². The lowest BCUT2D eigenvalue weighted by Gasteiger charge is -2.02. The van der Waals surface area contributed by atoms with Gasteiger partial charge in [-0.3, -0.25) is 4.79 Å². The minimum Gasteiger partial charge on any atom is -0.350 e. The van der Waals surface area contributed by atoms with Crippen LogP contribution in [0.3, 0.4) is 0 Å². The molecule has 1 aromatic heterocycles. The van der Waals surface area contributed by atoms with Gasteiger partial charge in [-0.1, -0.05) is 35.3 Å². The first-order valence-electron chi connectivity index (χ1n) is 6.92. The zero-order valence-electron chi connectivity index (χ0n) is 12.2. The Morgan fingerprint density at radius 1 is 1.04 bits per heavy atom. The molecule has 2 N–H and O–H groups in total. The molecule has 0 aliphatic rings. The Labute approximate surface area is 143 Å². The van der Waals surface area contributed by atoms with Crippen LogP contribution in [-0.2, 0) is 0 Å². The van der Waals surface area contributed by atoms with Gasteiger partial charge in [-0.25, -0.2) is 5.43 Å². The van der Waals surface area contributed by atoms with E-state index in [1.807, 2.05) is 25.1 Å². The maximum atomic E-state index is 12.2. The summed E-state index contributed by atoms with van der Waals surface area (Å²) in [4.78, 5) is 15.2. The predicted molar refractivity (Wildman–Crippen MR) is 94.4 cm³/mol. The number of nitrogens with one attached hydrogen (secondary N) is 2. The second-order valence-electron chi connectivity index (χ2n) is 5.06. The lowest BCUT2D eigenvalue weighted by atomic mass is 10.1. The first-order chi connectivity index (χ1) is 11.0. The van der Waals surface area contributed by atoms with Crippen molar-refractivity contribution in [3.8, 4) is 0 Å². The van der Waals surface area contributed by atoms with E-state index in [9.17, 15) is 4.79 Å². The number of hydrogen-bond donors (Lipinski definition) is 2. The summed E-state index contributed by atoms with van der Waals surface area (Å²) < 4.78 is 0. The summed E-state index contributed by atoms with van der Waals surface area (Å²) in [5, 5.41) is 6.27. The number of carbonyl (C=O) groups excluding carboxylic acids is 1. The van der Waals surface area contributed by atoms with Gasteiger partial charge in [0.25, 0.3) is 5.91 Å². The molecule has 0 saturated carbocycles. The van der Waals surface area contributed by atoms with Crippen LogP contribution in [0.5, 0.6) is 0 Å². The number of halogens is 2. The first-order valence-corrected chi connectivity index (χ1v) is 7.67. The third-order valence-electron chi connectivity index (χ3n) is 3.41. The van der Waals surface area contributed by atoms with Gasteiger partial charge in [0.2, 0.25) is 0 Å². The number of H-pyrrole nitrogens is 1. The van der Waals surface area contributed by atoms with Crippen LogP contribution in [0.15, 0.2) is 53.6 Å². The molecule has 3 rings (SSSR count). The molecule has 1 amide bonds. The summed E-state index contributed by atoms with van der Waals surface area (Å²) >= 11 is 11.8. The molecule has 116 valence electrons. The highest BCUT2D eigenvalue weighted by Gasteiger charge is 2.09. The van der Waals surface area contributed by atoms with Crippen LogP contribution in [-0.4, -0.2) is 16.6 Å². The SMILES string of the molecule is C/C(=N/NC(=O)c1cc2cc(Cl)ccc2[nH]1)c1ccc(Cl)cc1. The molecule has 2 aromatic carbocycles. The molecule has 0 radical (unpaired) electrons. The topological polar surface area (TPSA) is 57.2 Å². The summed E-state index contributed by atoms with van der Waals surface area (Å²) in [6.07, 6.45) is 0. The molecular formula is C17H13Cl2N3O. The second kappa shape index (κ2) is 6.44. The highest BCUT2D eigenvalue weighted by atomic mass is 35.5. The average Bonchev–Trinajstić information content (AvgIpc) is 2.96. The van der Waals surface area contributed by atoms with E-state index < -0.39 is 0 Å². The van der Waals surface area contributed by atoms with E-state index in [0.717, 1.165) is 16.5 Å². The number of nitrogens with zero attached hydrogens (tertiary/aromatic N) is 1. The van der Waals surface area contributed by atoms with E-state index in [2.05, 4.69) is 15.5 Å². The molecule has 0 bridgehead atoms. The van der Waals surface area contributed by atoms with Crippen molar-refractivity contribution in [2.75, 3.05) is 0 Å². The predicted octanol–water partition coefficient (Wildman–Crippen LogP) is 4.63. The lowest BCUT2D eigenvalue weighted by Crippen LogP contribution is -2.19. The van der Waals surface area contributed by atoms with Gasteiger partial charge < -0.3 is 4.98 Å². The fraction of sp³-hybridized carbons (Fsp3) is 0.0588. The Balaban J connectivity index is 1.77. The monoisotopic (exact) mass is 345 g/mol. The van der Waals surface area contributed by atoms with Crippen LogP contribution in [0.1, 0.15) is 23.0 Å². The lowest BCUT2D eigenvalue weighted by molar-refractivity contribution is 0.0950. The smallest absolute Gasteiger partial charge is 0.287 e. The number of carbonyl (C=O) groups is 1. The van der Waals surface area contributed by atoms with E-state index in [1.54, 1.807) is 30.3 Å². The third kappa shape index (κ3) is 3.55. The largest absolute Gasteiger partial charge is 0.350 e. The van der Waals surface area contributed by atoms with Crippen LogP contribution in [0.2, 0.25) is 10.0 Å². The van der Waals surface area contributed by atoms with E-state index in [-0.39, 0.29) is 5.91 Å². The molecule has 1 heterocycles. The Morgan fingerprint density at radius 2 is 1.74 bits per heavy atom. The van der Waals surface area contributed by atoms with Gasteiger partial charge in [-0.15, -0.1) is 0 Å². The van der Waals surface area contributed by atoms with Gasteiger partial charge in [-0.05, 0) is 48.9 Å². The van der Waals surface area contributed by atoms with Crippen molar-refractivity contribution in [2.24, 2.45) is 5.10 Å². The Morgan fingerprint density at radius 3 is 2.48 bits per heavy atom. The highest BCUT2D eigenvalue weighted by molar-refractivity contribution is 6.31. The number of benzene rings is 2. The van der Waals surface area contributed by atoms with Crippen LogP contribution in [0.25, 0.3) is 10.9 Å². The zero-order chi connectivity index (χ0) is 16.4. The zero-order valence-corrected chi connectivity index (χ0v) is 13.7. The molecule has 6 heteroatoms. The van der Waals surface area contributed by atoms with Crippen molar-refractivity contribution >= 4 is 45.7 Å². The standard InChI is InChI=1S/C17H13Cl2N3O/c1-10(11-2-4-13(18)5-3-11)21-22-17(23)16-9-12-8-14(19)6-7-15(12)20-16/h2-9,20H,1H3,(H,22,23)/b21-10-. The number of aromatic nitrogens is 1. The molecule has 0 fully saturated rings. The van der Waals surface area contributed by atoms with Crippen molar-refractivity contribution in [1.82, 2.24) is 10.4 Å². The second-order valence-corrected chi connectivity index (χ2v) is 5.93. The number of hydrogen-bond acceptors (Lipinski definition) is 2. The Kier molecular flexibility index (Phi) is 4.37. The van der Waals surface area contributed by atoms with Gasteiger partial charge in [0.1, 0.15) is 5.69 Å². The fourth-order valence-corrected chi connectivity index (χ4v) is 2.48. The number of hydrazone groups is 1. The molecule has 23 heavy (non-hydrogen) atoms. The van der Waals surface area contributed by atoms with E-state index in [4.69, 9.17) is 23.2 Å². The van der Waals surface area contributed by atoms with Gasteiger partial charge in [0, 0.05) is 20.9 Å². The molecule has 0 spiro atoms. The van der Waals surface area contributed by atoms with Crippen molar-refractivity contribution in [1.29, 1.82) is 0 Å². The minimum atomic E-state index is -0.314. The van der Waals surface area contributed by atoms with Crippen molar-refractivity contribution in [3.63, 3.8) is 0 Å². The van der Waals surface area contributed by atoms with Gasteiger partial charge in [0.15, 0.2) is 0 Å². The molecule has 0 unspecified atom stereocenters.